The molecule has 0 amide bonds. The first-order chi connectivity index (χ1) is 3.91. The third kappa shape index (κ3) is 16.8. The highest BCUT2D eigenvalue weighted by Crippen LogP contribution is 1.51. The third-order valence-electron chi connectivity index (χ3n) is 0.539. The monoisotopic (exact) mass is 119 g/mol. The van der Waals surface area contributed by atoms with E-state index in [0.717, 1.165) is 13.1 Å². The lowest BCUT2D eigenvalue weighted by atomic mass is 10.6. The molecule has 0 heterocycles. The van der Waals surface area contributed by atoms with Gasteiger partial charge in [0.15, 0.2) is 0 Å². The van der Waals surface area contributed by atoms with Crippen LogP contribution in [0.3, 0.4) is 0 Å². The van der Waals surface area contributed by atoms with Crippen molar-refractivity contribution < 1.29 is 5.11 Å². The van der Waals surface area contributed by atoms with Crippen LogP contribution in [0.2, 0.25) is 0 Å². The molecular formula is C6H17NO. The maximum absolute atomic E-state index is 8.13. The predicted molar refractivity (Wildman–Crippen MR) is 37.0 cm³/mol. The maximum Gasteiger partial charge on any atom is 0.0555 e. The molecule has 0 aromatic carbocycles. The van der Waals surface area contributed by atoms with E-state index < -0.39 is 0 Å². The Morgan fingerprint density at radius 2 is 1.88 bits per heavy atom. The molecule has 0 unspecified atom stereocenters. The van der Waals surface area contributed by atoms with E-state index in [4.69, 9.17) is 5.11 Å². The van der Waals surface area contributed by atoms with Gasteiger partial charge in [-0.15, -0.1) is 0 Å². The first-order valence-corrected chi connectivity index (χ1v) is 3.23. The number of hydrogen-bond donors (Lipinski definition) is 2. The number of aliphatic hydroxyl groups is 1. The lowest BCUT2D eigenvalue weighted by Crippen LogP contribution is -2.16. The van der Waals surface area contributed by atoms with E-state index in [1.165, 1.54) is 0 Å². The SMILES string of the molecule is CC.CCNCCO. The Bertz CT molecular complexity index is 20.5. The molecule has 8 heavy (non-hydrogen) atoms. The van der Waals surface area contributed by atoms with Crippen LogP contribution in [0.4, 0.5) is 0 Å². The standard InChI is InChI=1S/C4H11NO.C2H6/c1-2-5-3-4-6;1-2/h5-6H,2-4H2,1H3;1-2H3. The maximum atomic E-state index is 8.13. The van der Waals surface area contributed by atoms with Crippen molar-refractivity contribution in [3.8, 4) is 0 Å². The largest absolute Gasteiger partial charge is 0.395 e. The van der Waals surface area contributed by atoms with Crippen molar-refractivity contribution in [1.82, 2.24) is 5.32 Å². The molecule has 0 spiro atoms. The Kier molecular flexibility index (Phi) is 21.3. The highest BCUT2D eigenvalue weighted by molar-refractivity contribution is 4.35. The molecule has 2 heteroatoms. The Morgan fingerprint density at radius 1 is 1.38 bits per heavy atom. The Labute approximate surface area is 51.9 Å². The Hall–Kier alpha value is -0.0800. The van der Waals surface area contributed by atoms with E-state index in [2.05, 4.69) is 5.32 Å². The lowest BCUT2D eigenvalue weighted by Gasteiger charge is -1.91. The van der Waals surface area contributed by atoms with Gasteiger partial charge in [0.1, 0.15) is 0 Å². The van der Waals surface area contributed by atoms with Gasteiger partial charge in [-0.25, -0.2) is 0 Å². The first-order valence-electron chi connectivity index (χ1n) is 3.23. The average molecular weight is 119 g/mol. The second-order valence-electron chi connectivity index (χ2n) is 1.08. The smallest absolute Gasteiger partial charge is 0.0555 e. The summed E-state index contributed by atoms with van der Waals surface area (Å²) >= 11 is 0. The van der Waals surface area contributed by atoms with Gasteiger partial charge in [-0.1, -0.05) is 20.8 Å². The first kappa shape index (κ1) is 10.8. The zero-order valence-corrected chi connectivity index (χ0v) is 6.07. The molecule has 0 rings (SSSR count). The van der Waals surface area contributed by atoms with E-state index in [9.17, 15) is 0 Å². The van der Waals surface area contributed by atoms with Crippen molar-refractivity contribution in [2.24, 2.45) is 0 Å². The summed E-state index contributed by atoms with van der Waals surface area (Å²) in [5, 5.41) is 11.1. The summed E-state index contributed by atoms with van der Waals surface area (Å²) in [6, 6.07) is 0. The third-order valence-corrected chi connectivity index (χ3v) is 0.539. The molecule has 2 nitrogen and oxygen atoms in total. The molecule has 52 valence electrons. The summed E-state index contributed by atoms with van der Waals surface area (Å²) in [6.07, 6.45) is 0. The van der Waals surface area contributed by atoms with E-state index in [1.807, 2.05) is 20.8 Å². The van der Waals surface area contributed by atoms with Gasteiger partial charge in [0, 0.05) is 6.54 Å². The summed E-state index contributed by atoms with van der Waals surface area (Å²) in [7, 11) is 0. The topological polar surface area (TPSA) is 32.3 Å². The van der Waals surface area contributed by atoms with Gasteiger partial charge in [0.2, 0.25) is 0 Å². The molecule has 0 aliphatic carbocycles. The second kappa shape index (κ2) is 15.8. The van der Waals surface area contributed by atoms with Crippen LogP contribution in [-0.4, -0.2) is 24.8 Å². The van der Waals surface area contributed by atoms with Gasteiger partial charge in [-0.05, 0) is 6.54 Å². The molecule has 0 bridgehead atoms. The van der Waals surface area contributed by atoms with Crippen LogP contribution < -0.4 is 5.32 Å². The van der Waals surface area contributed by atoms with Crippen molar-refractivity contribution in [1.29, 1.82) is 0 Å². The van der Waals surface area contributed by atoms with Crippen molar-refractivity contribution in [3.05, 3.63) is 0 Å². The lowest BCUT2D eigenvalue weighted by molar-refractivity contribution is 0.293. The fraction of sp³-hybridized carbons (Fsp3) is 1.00. The van der Waals surface area contributed by atoms with Crippen molar-refractivity contribution in [3.63, 3.8) is 0 Å². The highest BCUT2D eigenvalue weighted by Gasteiger charge is 1.72. The van der Waals surface area contributed by atoms with Gasteiger partial charge in [0.05, 0.1) is 6.61 Å². The molecule has 0 saturated carbocycles. The highest BCUT2D eigenvalue weighted by atomic mass is 16.3. The van der Waals surface area contributed by atoms with Crippen molar-refractivity contribution in [2.45, 2.75) is 20.8 Å². The molecule has 0 aromatic rings. The van der Waals surface area contributed by atoms with Crippen LogP contribution in [0, 0.1) is 0 Å². The minimum absolute atomic E-state index is 0.244. The number of aliphatic hydroxyl groups excluding tert-OH is 1. The predicted octanol–water partition coefficient (Wildman–Crippen LogP) is 0.614. The van der Waals surface area contributed by atoms with Gasteiger partial charge in [0.25, 0.3) is 0 Å². The molecule has 0 atom stereocenters. The fourth-order valence-electron chi connectivity index (χ4n) is 0.256. The van der Waals surface area contributed by atoms with Gasteiger partial charge < -0.3 is 10.4 Å². The molecule has 0 aliphatic rings. The van der Waals surface area contributed by atoms with Crippen LogP contribution in [0.15, 0.2) is 0 Å². The van der Waals surface area contributed by atoms with Crippen molar-refractivity contribution >= 4 is 0 Å². The molecule has 0 fully saturated rings. The van der Waals surface area contributed by atoms with Crippen LogP contribution in [0.5, 0.6) is 0 Å². The van der Waals surface area contributed by atoms with E-state index >= 15 is 0 Å². The van der Waals surface area contributed by atoms with Gasteiger partial charge >= 0.3 is 0 Å². The zero-order valence-electron chi connectivity index (χ0n) is 6.07. The zero-order chi connectivity index (χ0) is 6.83. The number of nitrogens with one attached hydrogen (secondary N) is 1. The average Bonchev–Trinajstić information content (AvgIpc) is 1.88. The molecule has 0 saturated heterocycles. The molecule has 0 aromatic heterocycles. The molecular weight excluding hydrogens is 102 g/mol. The van der Waals surface area contributed by atoms with Gasteiger partial charge in [-0.2, -0.15) is 0 Å². The number of hydrogen-bond acceptors (Lipinski definition) is 2. The molecule has 0 aliphatic heterocycles. The minimum atomic E-state index is 0.244. The van der Waals surface area contributed by atoms with Crippen LogP contribution >= 0.6 is 0 Å². The molecule has 0 radical (unpaired) electrons. The quantitative estimate of drug-likeness (QED) is 0.534. The van der Waals surface area contributed by atoms with Crippen LogP contribution in [0.25, 0.3) is 0 Å². The summed E-state index contributed by atoms with van der Waals surface area (Å²) in [5.74, 6) is 0. The van der Waals surface area contributed by atoms with E-state index in [0.29, 0.717) is 0 Å². The fourth-order valence-corrected chi connectivity index (χ4v) is 0.256. The Balaban J connectivity index is 0. The summed E-state index contributed by atoms with van der Waals surface area (Å²) in [4.78, 5) is 0. The number of rotatable bonds is 3. The Morgan fingerprint density at radius 3 is 2.00 bits per heavy atom. The summed E-state index contributed by atoms with van der Waals surface area (Å²) in [5.41, 5.74) is 0. The second-order valence-corrected chi connectivity index (χ2v) is 1.08. The minimum Gasteiger partial charge on any atom is -0.395 e. The van der Waals surface area contributed by atoms with E-state index in [1.54, 1.807) is 0 Å². The van der Waals surface area contributed by atoms with Crippen molar-refractivity contribution in [2.75, 3.05) is 19.7 Å². The molecule has 2 N–H and O–H groups in total. The summed E-state index contributed by atoms with van der Waals surface area (Å²) < 4.78 is 0. The van der Waals surface area contributed by atoms with Crippen LogP contribution in [-0.2, 0) is 0 Å². The normalized spacial score (nSPS) is 7.50. The van der Waals surface area contributed by atoms with Gasteiger partial charge in [-0.3, -0.25) is 0 Å². The number of likely N-dealkylation sites (N-methyl/N-ethyl adjacent to an activating group) is 1. The van der Waals surface area contributed by atoms with E-state index in [-0.39, 0.29) is 6.61 Å². The summed E-state index contributed by atoms with van der Waals surface area (Å²) in [6.45, 7) is 7.92. The van der Waals surface area contributed by atoms with Crippen LogP contribution in [0.1, 0.15) is 20.8 Å².